The highest BCUT2D eigenvalue weighted by molar-refractivity contribution is 6.03. The minimum Gasteiger partial charge on any atom is -0.395 e. The standard InChI is InChI=1S/C32H39N3O4/c1-21-5-13-27-31(2,3)32(27,29(21)39-4)28(37)14-8-22-6-11-26(12-7-22)35(17-18-36)30(38)34-25-10-9-24-20-33-16-15-23(24)19-25/h6-7,9-12,15-16,19-21,27,29,36H,5,8,13-14,17-18H2,1-4H3,(H,34,38). The average Bonchev–Trinajstić information content (AvgIpc) is 3.46. The number of nitrogens with zero attached hydrogens (tertiary/aromatic N) is 2. The first kappa shape index (κ1) is 27.3. The molecule has 0 spiro atoms. The van der Waals surface area contributed by atoms with Crippen molar-refractivity contribution in [2.75, 3.05) is 30.5 Å². The number of carbonyl (C=O) groups excluding carboxylic acids is 2. The number of nitrogens with one attached hydrogen (secondary N) is 1. The van der Waals surface area contributed by atoms with Crippen molar-refractivity contribution < 1.29 is 19.4 Å². The van der Waals surface area contributed by atoms with Crippen LogP contribution in [-0.2, 0) is 16.0 Å². The molecule has 206 valence electrons. The fourth-order valence-corrected chi connectivity index (χ4v) is 7.33. The molecule has 0 bridgehead atoms. The summed E-state index contributed by atoms with van der Waals surface area (Å²) in [5.74, 6) is 1.09. The van der Waals surface area contributed by atoms with Crippen LogP contribution in [0.2, 0.25) is 0 Å². The predicted octanol–water partition coefficient (Wildman–Crippen LogP) is 5.85. The molecule has 2 aliphatic carbocycles. The van der Waals surface area contributed by atoms with Crippen LogP contribution in [0.15, 0.2) is 60.9 Å². The van der Waals surface area contributed by atoms with Gasteiger partial charge in [-0.3, -0.25) is 14.7 Å². The van der Waals surface area contributed by atoms with Gasteiger partial charge in [0, 0.05) is 42.7 Å². The number of urea groups is 1. The normalized spacial score (nSPS) is 25.1. The summed E-state index contributed by atoms with van der Waals surface area (Å²) in [6.07, 6.45) is 6.80. The first-order valence-electron chi connectivity index (χ1n) is 13.9. The molecule has 1 heterocycles. The molecule has 5 rings (SSSR count). The molecular weight excluding hydrogens is 490 g/mol. The summed E-state index contributed by atoms with van der Waals surface area (Å²) in [5, 5.41) is 14.5. The van der Waals surface area contributed by atoms with Crippen LogP contribution in [0.3, 0.4) is 0 Å². The van der Waals surface area contributed by atoms with Crippen molar-refractivity contribution in [2.45, 2.75) is 52.6 Å². The molecule has 2 aliphatic rings. The Morgan fingerprint density at radius 2 is 1.87 bits per heavy atom. The molecule has 2 saturated carbocycles. The zero-order chi connectivity index (χ0) is 27.8. The van der Waals surface area contributed by atoms with Crippen molar-refractivity contribution in [1.29, 1.82) is 0 Å². The van der Waals surface area contributed by atoms with Gasteiger partial charge < -0.3 is 15.2 Å². The second-order valence-corrected chi connectivity index (χ2v) is 11.7. The number of hydrogen-bond acceptors (Lipinski definition) is 5. The van der Waals surface area contributed by atoms with E-state index in [2.05, 4.69) is 31.1 Å². The molecular formula is C32H39N3O4. The van der Waals surface area contributed by atoms with Crippen LogP contribution in [-0.4, -0.2) is 48.3 Å². The number of benzene rings is 2. The fraction of sp³-hybridized carbons (Fsp3) is 0.469. The Kier molecular flexibility index (Phi) is 7.49. The number of aryl methyl sites for hydroxylation is 1. The van der Waals surface area contributed by atoms with Gasteiger partial charge in [-0.05, 0) is 77.8 Å². The van der Waals surface area contributed by atoms with Crippen LogP contribution in [0.4, 0.5) is 16.2 Å². The lowest BCUT2D eigenvalue weighted by Crippen LogP contribution is -2.43. The molecule has 4 unspecified atom stereocenters. The Balaban J connectivity index is 1.25. The van der Waals surface area contributed by atoms with Gasteiger partial charge in [0.1, 0.15) is 5.78 Å². The van der Waals surface area contributed by atoms with E-state index in [0.29, 0.717) is 41.8 Å². The number of aliphatic hydroxyl groups excluding tert-OH is 1. The maximum atomic E-state index is 13.7. The van der Waals surface area contributed by atoms with E-state index in [4.69, 9.17) is 4.74 Å². The molecule has 0 radical (unpaired) electrons. The Labute approximate surface area is 230 Å². The number of pyridine rings is 1. The van der Waals surface area contributed by atoms with Crippen molar-refractivity contribution >= 4 is 34.0 Å². The summed E-state index contributed by atoms with van der Waals surface area (Å²) in [7, 11) is 1.75. The number of anilines is 2. The minimum atomic E-state index is -0.380. The number of aromatic nitrogens is 1. The molecule has 2 N–H and O–H groups in total. The number of rotatable bonds is 9. The van der Waals surface area contributed by atoms with Crippen molar-refractivity contribution in [3.63, 3.8) is 0 Å². The highest BCUT2D eigenvalue weighted by atomic mass is 16.5. The smallest absolute Gasteiger partial charge is 0.326 e. The van der Waals surface area contributed by atoms with Gasteiger partial charge in [-0.25, -0.2) is 4.79 Å². The highest BCUT2D eigenvalue weighted by Crippen LogP contribution is 2.76. The average molecular weight is 530 g/mol. The quantitative estimate of drug-likeness (QED) is 0.363. The Morgan fingerprint density at radius 3 is 2.59 bits per heavy atom. The lowest BCUT2D eigenvalue weighted by Gasteiger charge is -2.36. The lowest BCUT2D eigenvalue weighted by molar-refractivity contribution is -0.136. The molecule has 7 heteroatoms. The molecule has 2 fully saturated rings. The van der Waals surface area contributed by atoms with Crippen LogP contribution >= 0.6 is 0 Å². The van der Waals surface area contributed by atoms with E-state index in [1.807, 2.05) is 48.5 Å². The number of Topliss-reactive ketones (excluding diaryl/α,β-unsaturated/α-hetero) is 1. The van der Waals surface area contributed by atoms with Gasteiger partial charge in [0.2, 0.25) is 0 Å². The van der Waals surface area contributed by atoms with Crippen LogP contribution in [0.5, 0.6) is 0 Å². The number of carbonyl (C=O) groups is 2. The second-order valence-electron chi connectivity index (χ2n) is 11.7. The molecule has 2 amide bonds. The molecule has 7 nitrogen and oxygen atoms in total. The van der Waals surface area contributed by atoms with Gasteiger partial charge in [-0.15, -0.1) is 0 Å². The van der Waals surface area contributed by atoms with Crippen molar-refractivity contribution in [3.05, 3.63) is 66.5 Å². The molecule has 0 aliphatic heterocycles. The van der Waals surface area contributed by atoms with Gasteiger partial charge >= 0.3 is 6.03 Å². The molecule has 39 heavy (non-hydrogen) atoms. The van der Waals surface area contributed by atoms with E-state index in [1.54, 1.807) is 19.5 Å². The predicted molar refractivity (Wildman–Crippen MR) is 154 cm³/mol. The summed E-state index contributed by atoms with van der Waals surface area (Å²) in [5.41, 5.74) is 1.99. The van der Waals surface area contributed by atoms with E-state index < -0.39 is 0 Å². The zero-order valence-corrected chi connectivity index (χ0v) is 23.3. The van der Waals surface area contributed by atoms with E-state index in [0.717, 1.165) is 29.2 Å². The number of amides is 2. The third-order valence-corrected chi connectivity index (χ3v) is 9.34. The number of methoxy groups -OCH3 is 1. The van der Waals surface area contributed by atoms with Gasteiger partial charge in [0.15, 0.2) is 0 Å². The van der Waals surface area contributed by atoms with Gasteiger partial charge in [0.05, 0.1) is 24.7 Å². The first-order chi connectivity index (χ1) is 18.7. The largest absolute Gasteiger partial charge is 0.395 e. The summed E-state index contributed by atoms with van der Waals surface area (Å²) < 4.78 is 5.93. The Bertz CT molecular complexity index is 1360. The highest BCUT2D eigenvalue weighted by Gasteiger charge is 2.79. The number of hydrogen-bond donors (Lipinski definition) is 2. The molecule has 1 aromatic heterocycles. The topological polar surface area (TPSA) is 91.8 Å². The minimum absolute atomic E-state index is 0.0223. The fourth-order valence-electron chi connectivity index (χ4n) is 7.33. The molecule has 0 saturated heterocycles. The van der Waals surface area contributed by atoms with Crippen LogP contribution in [0.1, 0.15) is 45.6 Å². The number of ketones is 1. The van der Waals surface area contributed by atoms with E-state index in [9.17, 15) is 14.7 Å². The summed E-state index contributed by atoms with van der Waals surface area (Å²) in [6.45, 7) is 6.66. The summed E-state index contributed by atoms with van der Waals surface area (Å²) >= 11 is 0. The van der Waals surface area contributed by atoms with Crippen molar-refractivity contribution in [3.8, 4) is 0 Å². The second kappa shape index (κ2) is 10.7. The molecule has 4 atom stereocenters. The number of aliphatic hydroxyl groups is 1. The third kappa shape index (κ3) is 4.72. The Hall–Kier alpha value is -3.29. The molecule has 3 aromatic rings. The van der Waals surface area contributed by atoms with Crippen molar-refractivity contribution in [2.24, 2.45) is 22.7 Å². The van der Waals surface area contributed by atoms with Crippen molar-refractivity contribution in [1.82, 2.24) is 4.98 Å². The number of fused-ring (bicyclic) bond motifs is 2. The number of ether oxygens (including phenoxy) is 1. The lowest BCUT2D eigenvalue weighted by atomic mass is 9.73. The Morgan fingerprint density at radius 1 is 1.10 bits per heavy atom. The van der Waals surface area contributed by atoms with Gasteiger partial charge in [-0.1, -0.05) is 39.0 Å². The monoisotopic (exact) mass is 529 g/mol. The van der Waals surface area contributed by atoms with Crippen LogP contribution in [0.25, 0.3) is 10.8 Å². The first-order valence-corrected chi connectivity index (χ1v) is 13.9. The maximum Gasteiger partial charge on any atom is 0.326 e. The van der Waals surface area contributed by atoms with Gasteiger partial charge in [-0.2, -0.15) is 0 Å². The van der Waals surface area contributed by atoms with E-state index in [-0.39, 0.29) is 36.1 Å². The SMILES string of the molecule is COC1C(C)CCC2C(C)(C)C12C(=O)CCc1ccc(N(CCO)C(=O)Nc2ccc3cnccc3c2)cc1. The van der Waals surface area contributed by atoms with Crippen LogP contribution < -0.4 is 10.2 Å². The summed E-state index contributed by atoms with van der Waals surface area (Å²) in [6, 6.07) is 14.9. The van der Waals surface area contributed by atoms with E-state index >= 15 is 0 Å². The summed E-state index contributed by atoms with van der Waals surface area (Å²) in [4.78, 5) is 32.5. The van der Waals surface area contributed by atoms with Crippen LogP contribution in [0, 0.1) is 22.7 Å². The van der Waals surface area contributed by atoms with Gasteiger partial charge in [0.25, 0.3) is 0 Å². The zero-order valence-electron chi connectivity index (χ0n) is 23.3. The van der Waals surface area contributed by atoms with E-state index in [1.165, 1.54) is 4.90 Å². The maximum absolute atomic E-state index is 13.7. The third-order valence-electron chi connectivity index (χ3n) is 9.34. The molecule has 2 aromatic carbocycles.